The van der Waals surface area contributed by atoms with E-state index in [2.05, 4.69) is 18.9 Å². The second kappa shape index (κ2) is 6.23. The van der Waals surface area contributed by atoms with Crippen LogP contribution in [0.2, 0.25) is 0 Å². The van der Waals surface area contributed by atoms with Crippen molar-refractivity contribution in [1.29, 1.82) is 0 Å². The van der Waals surface area contributed by atoms with Crippen LogP contribution in [0.3, 0.4) is 0 Å². The highest BCUT2D eigenvalue weighted by Crippen LogP contribution is 2.32. The molecule has 110 valence electrons. The first-order chi connectivity index (χ1) is 9.13. The first kappa shape index (κ1) is 14.8. The number of carbonyl (C=O) groups is 1. The molecule has 2 fully saturated rings. The molecule has 0 atom stereocenters. The maximum atomic E-state index is 12.4. The molecule has 2 N–H and O–H groups in total. The average molecular weight is 267 g/mol. The second-order valence-electron chi connectivity index (χ2n) is 6.26. The predicted octanol–water partition coefficient (Wildman–Crippen LogP) is 1.59. The molecule has 4 heteroatoms. The number of hydrogen-bond acceptors (Lipinski definition) is 3. The average Bonchev–Trinajstić information content (AvgIpc) is 3.25. The molecular formula is C15H29N3O. The normalized spacial score (nSPS) is 22.5. The van der Waals surface area contributed by atoms with Gasteiger partial charge < -0.3 is 10.6 Å². The van der Waals surface area contributed by atoms with Crippen molar-refractivity contribution >= 4 is 5.91 Å². The third-order valence-electron chi connectivity index (χ3n) is 5.00. The second-order valence-corrected chi connectivity index (χ2v) is 6.26. The van der Waals surface area contributed by atoms with Gasteiger partial charge in [0, 0.05) is 24.7 Å². The van der Waals surface area contributed by atoms with E-state index in [0.29, 0.717) is 19.1 Å². The minimum absolute atomic E-state index is 0.0663. The van der Waals surface area contributed by atoms with Crippen LogP contribution in [0.4, 0.5) is 0 Å². The Bertz CT molecular complexity index is 309. The summed E-state index contributed by atoms with van der Waals surface area (Å²) in [7, 11) is 2.08. The van der Waals surface area contributed by atoms with Crippen LogP contribution in [0.1, 0.15) is 51.9 Å². The molecule has 19 heavy (non-hydrogen) atoms. The van der Waals surface area contributed by atoms with Gasteiger partial charge in [0.2, 0.25) is 5.91 Å². The van der Waals surface area contributed by atoms with Crippen molar-refractivity contribution in [2.45, 2.75) is 63.5 Å². The van der Waals surface area contributed by atoms with E-state index in [4.69, 9.17) is 5.73 Å². The summed E-state index contributed by atoms with van der Waals surface area (Å²) >= 11 is 0. The molecule has 2 aliphatic rings. The Labute approximate surface area is 117 Å². The van der Waals surface area contributed by atoms with Gasteiger partial charge in [-0.1, -0.05) is 19.3 Å². The molecule has 0 aromatic carbocycles. The maximum absolute atomic E-state index is 12.4. The third-order valence-corrected chi connectivity index (χ3v) is 5.00. The largest absolute Gasteiger partial charge is 0.339 e. The van der Waals surface area contributed by atoms with Gasteiger partial charge in [0.25, 0.3) is 0 Å². The molecule has 0 unspecified atom stereocenters. The zero-order chi connectivity index (χ0) is 13.9. The van der Waals surface area contributed by atoms with Crippen molar-refractivity contribution in [2.75, 3.05) is 26.7 Å². The Kier molecular flexibility index (Phi) is 4.85. The quantitative estimate of drug-likeness (QED) is 0.795. The van der Waals surface area contributed by atoms with Gasteiger partial charge in [0.05, 0.1) is 6.54 Å². The lowest BCUT2D eigenvalue weighted by Gasteiger charge is -2.44. The summed E-state index contributed by atoms with van der Waals surface area (Å²) in [5.41, 5.74) is 6.10. The zero-order valence-corrected chi connectivity index (χ0v) is 12.5. The van der Waals surface area contributed by atoms with Gasteiger partial charge in [0.1, 0.15) is 0 Å². The van der Waals surface area contributed by atoms with E-state index >= 15 is 0 Å². The monoisotopic (exact) mass is 267 g/mol. The minimum atomic E-state index is 0.0663. The van der Waals surface area contributed by atoms with Gasteiger partial charge in [-0.3, -0.25) is 9.69 Å². The number of amides is 1. The molecule has 2 rings (SSSR count). The van der Waals surface area contributed by atoms with Crippen molar-refractivity contribution in [3.63, 3.8) is 0 Å². The number of nitrogens with zero attached hydrogens (tertiary/aromatic N) is 2. The topological polar surface area (TPSA) is 49.6 Å². The number of nitrogens with two attached hydrogens (primary N) is 1. The Morgan fingerprint density at radius 3 is 2.37 bits per heavy atom. The molecule has 4 nitrogen and oxygen atoms in total. The summed E-state index contributed by atoms with van der Waals surface area (Å²) in [6.45, 7) is 4.12. The molecule has 0 heterocycles. The van der Waals surface area contributed by atoms with Crippen molar-refractivity contribution < 1.29 is 4.79 Å². The number of carbonyl (C=O) groups excluding carboxylic acids is 1. The van der Waals surface area contributed by atoms with Crippen molar-refractivity contribution in [1.82, 2.24) is 9.80 Å². The van der Waals surface area contributed by atoms with Crippen LogP contribution in [0, 0.1) is 0 Å². The first-order valence-electron chi connectivity index (χ1n) is 7.84. The van der Waals surface area contributed by atoms with Crippen molar-refractivity contribution in [2.24, 2.45) is 5.73 Å². The molecule has 0 radical (unpaired) electrons. The van der Waals surface area contributed by atoms with E-state index in [1.54, 1.807) is 0 Å². The van der Waals surface area contributed by atoms with Gasteiger partial charge >= 0.3 is 0 Å². The fraction of sp³-hybridized carbons (Fsp3) is 0.933. The lowest BCUT2D eigenvalue weighted by Crippen LogP contribution is -2.56. The summed E-state index contributed by atoms with van der Waals surface area (Å²) in [6, 6.07) is 0.520. The van der Waals surface area contributed by atoms with Crippen LogP contribution in [0.25, 0.3) is 0 Å². The molecule has 0 aliphatic heterocycles. The van der Waals surface area contributed by atoms with E-state index in [1.807, 2.05) is 4.90 Å². The standard InChI is InChI=1S/C15H29N3O/c1-3-18(13-7-8-13)14(19)11-17(2)15(12-16)9-5-4-6-10-15/h13H,3-12,16H2,1-2H3. The van der Waals surface area contributed by atoms with Crippen molar-refractivity contribution in [3.05, 3.63) is 0 Å². The summed E-state index contributed by atoms with van der Waals surface area (Å²) < 4.78 is 0. The molecule has 0 bridgehead atoms. The molecule has 0 saturated heterocycles. The first-order valence-corrected chi connectivity index (χ1v) is 7.84. The van der Waals surface area contributed by atoms with Crippen LogP contribution >= 0.6 is 0 Å². The highest BCUT2D eigenvalue weighted by Gasteiger charge is 2.37. The SMILES string of the molecule is CCN(C(=O)CN(C)C1(CN)CCCCC1)C1CC1. The molecular weight excluding hydrogens is 238 g/mol. The van der Waals surface area contributed by atoms with E-state index in [9.17, 15) is 4.79 Å². The van der Waals surface area contributed by atoms with Crippen LogP contribution in [0.15, 0.2) is 0 Å². The van der Waals surface area contributed by atoms with Gasteiger partial charge in [-0.25, -0.2) is 0 Å². The van der Waals surface area contributed by atoms with Crippen LogP contribution < -0.4 is 5.73 Å². The predicted molar refractivity (Wildman–Crippen MR) is 77.9 cm³/mol. The lowest BCUT2D eigenvalue weighted by atomic mass is 9.80. The fourth-order valence-electron chi connectivity index (χ4n) is 3.44. The van der Waals surface area contributed by atoms with Gasteiger partial charge in [-0.2, -0.15) is 0 Å². The molecule has 2 saturated carbocycles. The Morgan fingerprint density at radius 1 is 1.26 bits per heavy atom. The summed E-state index contributed by atoms with van der Waals surface area (Å²) in [6.07, 6.45) is 8.46. The highest BCUT2D eigenvalue weighted by molar-refractivity contribution is 5.79. The van der Waals surface area contributed by atoms with Gasteiger partial charge in [0.15, 0.2) is 0 Å². The molecule has 0 spiro atoms. The Balaban J connectivity index is 1.94. The number of rotatable bonds is 6. The highest BCUT2D eigenvalue weighted by atomic mass is 16.2. The summed E-state index contributed by atoms with van der Waals surface area (Å²) in [5.74, 6) is 0.283. The summed E-state index contributed by atoms with van der Waals surface area (Å²) in [5, 5.41) is 0. The molecule has 0 aromatic rings. The zero-order valence-electron chi connectivity index (χ0n) is 12.5. The minimum Gasteiger partial charge on any atom is -0.339 e. The van der Waals surface area contributed by atoms with Gasteiger partial charge in [-0.05, 0) is 39.7 Å². The maximum Gasteiger partial charge on any atom is 0.236 e. The van der Waals surface area contributed by atoms with Crippen molar-refractivity contribution in [3.8, 4) is 0 Å². The van der Waals surface area contributed by atoms with Crippen LogP contribution in [0.5, 0.6) is 0 Å². The van der Waals surface area contributed by atoms with Crippen LogP contribution in [-0.4, -0.2) is 54.0 Å². The van der Waals surface area contributed by atoms with Crippen LogP contribution in [-0.2, 0) is 4.79 Å². The number of hydrogen-bond donors (Lipinski definition) is 1. The molecule has 2 aliphatic carbocycles. The Morgan fingerprint density at radius 2 is 1.89 bits per heavy atom. The van der Waals surface area contributed by atoms with Gasteiger partial charge in [-0.15, -0.1) is 0 Å². The summed E-state index contributed by atoms with van der Waals surface area (Å²) in [4.78, 5) is 16.7. The Hall–Kier alpha value is -0.610. The van der Waals surface area contributed by atoms with E-state index in [-0.39, 0.29) is 11.4 Å². The fourth-order valence-corrected chi connectivity index (χ4v) is 3.44. The smallest absolute Gasteiger partial charge is 0.236 e. The molecule has 0 aromatic heterocycles. The van der Waals surface area contributed by atoms with E-state index in [1.165, 1.54) is 32.1 Å². The van der Waals surface area contributed by atoms with E-state index in [0.717, 1.165) is 19.4 Å². The molecule has 1 amide bonds. The third kappa shape index (κ3) is 3.29. The van der Waals surface area contributed by atoms with E-state index < -0.39 is 0 Å². The lowest BCUT2D eigenvalue weighted by molar-refractivity contribution is -0.134. The number of likely N-dealkylation sites (N-methyl/N-ethyl adjacent to an activating group) is 2.